The van der Waals surface area contributed by atoms with E-state index < -0.39 is 0 Å². The van der Waals surface area contributed by atoms with Crippen LogP contribution in [0, 0.1) is 13.8 Å². The molecule has 0 amide bonds. The molecule has 0 bridgehead atoms. The molecule has 6 nitrogen and oxygen atoms in total. The first-order valence-corrected chi connectivity index (χ1v) is 9.54. The molecule has 0 radical (unpaired) electrons. The van der Waals surface area contributed by atoms with E-state index in [1.807, 2.05) is 49.0 Å². The smallest absolute Gasteiger partial charge is 0.341 e. The van der Waals surface area contributed by atoms with Crippen molar-refractivity contribution in [2.24, 2.45) is 0 Å². The van der Waals surface area contributed by atoms with Gasteiger partial charge in [0.15, 0.2) is 10.9 Å². The molecule has 8 heteroatoms. The number of thiophene rings is 1. The molecule has 2 N–H and O–H groups in total. The number of rotatable bonds is 5. The Morgan fingerprint density at radius 2 is 1.96 bits per heavy atom. The van der Waals surface area contributed by atoms with Crippen LogP contribution in [0.1, 0.15) is 26.4 Å². The molecule has 0 unspecified atom stereocenters. The average Bonchev–Trinajstić information content (AvgIpc) is 3.19. The molecule has 0 fully saturated rings. The third-order valence-corrected chi connectivity index (χ3v) is 5.40. The van der Waals surface area contributed by atoms with Crippen molar-refractivity contribution >= 4 is 45.5 Å². The van der Waals surface area contributed by atoms with Crippen LogP contribution in [-0.4, -0.2) is 28.0 Å². The van der Waals surface area contributed by atoms with Crippen LogP contribution in [-0.2, 0) is 11.3 Å². The quantitative estimate of drug-likeness (QED) is 0.494. The van der Waals surface area contributed by atoms with E-state index in [0.29, 0.717) is 28.0 Å². The maximum Gasteiger partial charge on any atom is 0.341 e. The second kappa shape index (κ2) is 8.32. The maximum atomic E-state index is 12.1. The number of aryl methyl sites for hydroxylation is 1. The third kappa shape index (κ3) is 4.53. The van der Waals surface area contributed by atoms with Crippen LogP contribution >= 0.6 is 23.6 Å². The van der Waals surface area contributed by atoms with Crippen molar-refractivity contribution in [2.75, 3.05) is 17.7 Å². The van der Waals surface area contributed by atoms with Gasteiger partial charge in [-0.1, -0.05) is 30.3 Å². The number of ether oxygens (including phenoxy) is 1. The number of methoxy groups -OCH3 is 1. The molecule has 2 heterocycles. The van der Waals surface area contributed by atoms with Gasteiger partial charge < -0.3 is 15.4 Å². The van der Waals surface area contributed by atoms with Gasteiger partial charge in [0, 0.05) is 17.1 Å². The number of benzene rings is 1. The summed E-state index contributed by atoms with van der Waals surface area (Å²) in [7, 11) is 1.37. The highest BCUT2D eigenvalue weighted by Gasteiger charge is 2.20. The minimum atomic E-state index is -0.380. The Kier molecular flexibility index (Phi) is 5.88. The summed E-state index contributed by atoms with van der Waals surface area (Å²) in [6.45, 7) is 4.53. The lowest BCUT2D eigenvalue weighted by Gasteiger charge is -2.09. The SMILES string of the molecule is COC(=O)c1c(NC(=S)Nc2ccn(Cc3ccccc3)n2)sc(C)c1C. The van der Waals surface area contributed by atoms with Crippen molar-refractivity contribution in [3.8, 4) is 0 Å². The molecule has 0 atom stereocenters. The van der Waals surface area contributed by atoms with Gasteiger partial charge in [0.05, 0.1) is 19.2 Å². The van der Waals surface area contributed by atoms with Crippen LogP contribution in [0.5, 0.6) is 0 Å². The summed E-state index contributed by atoms with van der Waals surface area (Å²) in [4.78, 5) is 13.1. The normalized spacial score (nSPS) is 10.5. The van der Waals surface area contributed by atoms with Gasteiger partial charge in [0.2, 0.25) is 0 Å². The maximum absolute atomic E-state index is 12.1. The highest BCUT2D eigenvalue weighted by Crippen LogP contribution is 2.33. The fourth-order valence-corrected chi connectivity index (χ4v) is 3.92. The Labute approximate surface area is 167 Å². The van der Waals surface area contributed by atoms with Crippen molar-refractivity contribution in [1.82, 2.24) is 9.78 Å². The van der Waals surface area contributed by atoms with Gasteiger partial charge >= 0.3 is 5.97 Å². The molecule has 27 heavy (non-hydrogen) atoms. The van der Waals surface area contributed by atoms with E-state index >= 15 is 0 Å². The van der Waals surface area contributed by atoms with Crippen molar-refractivity contribution in [1.29, 1.82) is 0 Å². The summed E-state index contributed by atoms with van der Waals surface area (Å²) in [5.41, 5.74) is 2.57. The van der Waals surface area contributed by atoms with Gasteiger partial charge in [-0.25, -0.2) is 4.79 Å². The first-order chi connectivity index (χ1) is 13.0. The predicted octanol–water partition coefficient (Wildman–Crippen LogP) is 4.21. The Hall–Kier alpha value is -2.71. The molecule has 3 aromatic rings. The Balaban J connectivity index is 1.67. The van der Waals surface area contributed by atoms with E-state index in [1.165, 1.54) is 24.0 Å². The molecule has 0 saturated carbocycles. The molecule has 0 aliphatic carbocycles. The highest BCUT2D eigenvalue weighted by molar-refractivity contribution is 7.80. The van der Waals surface area contributed by atoms with Crippen LogP contribution in [0.15, 0.2) is 42.6 Å². The lowest BCUT2D eigenvalue weighted by molar-refractivity contribution is 0.0601. The summed E-state index contributed by atoms with van der Waals surface area (Å²) < 4.78 is 6.71. The van der Waals surface area contributed by atoms with Crippen molar-refractivity contribution in [3.05, 3.63) is 64.2 Å². The number of aromatic nitrogens is 2. The zero-order valence-electron chi connectivity index (χ0n) is 15.3. The number of nitrogens with one attached hydrogen (secondary N) is 2. The van der Waals surface area contributed by atoms with Crippen LogP contribution < -0.4 is 10.6 Å². The Bertz CT molecular complexity index is 964. The highest BCUT2D eigenvalue weighted by atomic mass is 32.1. The largest absolute Gasteiger partial charge is 0.465 e. The topological polar surface area (TPSA) is 68.2 Å². The molecule has 1 aromatic carbocycles. The molecule has 2 aromatic heterocycles. The fraction of sp³-hybridized carbons (Fsp3) is 0.211. The zero-order chi connectivity index (χ0) is 19.4. The predicted molar refractivity (Wildman–Crippen MR) is 113 cm³/mol. The van der Waals surface area contributed by atoms with E-state index in [2.05, 4.69) is 27.9 Å². The fourth-order valence-electron chi connectivity index (χ4n) is 2.60. The number of hydrogen-bond acceptors (Lipinski definition) is 5. The van der Waals surface area contributed by atoms with E-state index in [9.17, 15) is 4.79 Å². The summed E-state index contributed by atoms with van der Waals surface area (Å²) in [5, 5.41) is 11.6. The number of thiocarbonyl (C=S) groups is 1. The minimum absolute atomic E-state index is 0.367. The molecule has 0 spiro atoms. The molecule has 0 aliphatic heterocycles. The number of nitrogens with zero attached hydrogens (tertiary/aromatic N) is 2. The van der Waals surface area contributed by atoms with Gasteiger partial charge in [-0.3, -0.25) is 4.68 Å². The van der Waals surface area contributed by atoms with Crippen molar-refractivity contribution in [3.63, 3.8) is 0 Å². The number of carbonyl (C=O) groups excluding carboxylic acids is 1. The zero-order valence-corrected chi connectivity index (χ0v) is 16.9. The first-order valence-electron chi connectivity index (χ1n) is 8.31. The molecule has 3 rings (SSSR count). The minimum Gasteiger partial charge on any atom is -0.465 e. The number of anilines is 2. The molecular weight excluding hydrogens is 380 g/mol. The average molecular weight is 401 g/mol. The number of carbonyl (C=O) groups is 1. The lowest BCUT2D eigenvalue weighted by atomic mass is 10.1. The second-order valence-corrected chi connectivity index (χ2v) is 7.58. The lowest BCUT2D eigenvalue weighted by Crippen LogP contribution is -2.20. The second-order valence-electron chi connectivity index (χ2n) is 5.94. The van der Waals surface area contributed by atoms with Gasteiger partial charge in [-0.15, -0.1) is 11.3 Å². The molecule has 0 saturated heterocycles. The summed E-state index contributed by atoms with van der Waals surface area (Å²) in [6.07, 6.45) is 1.89. The molecule has 140 valence electrons. The van der Waals surface area contributed by atoms with Crippen molar-refractivity contribution < 1.29 is 9.53 Å². The van der Waals surface area contributed by atoms with Gasteiger partial charge in [0.1, 0.15) is 5.00 Å². The summed E-state index contributed by atoms with van der Waals surface area (Å²) in [5.74, 6) is 0.252. The Morgan fingerprint density at radius 1 is 1.22 bits per heavy atom. The first kappa shape index (κ1) is 19.1. The van der Waals surface area contributed by atoms with Gasteiger partial charge in [-0.2, -0.15) is 5.10 Å². The van der Waals surface area contributed by atoms with Gasteiger partial charge in [0.25, 0.3) is 0 Å². The van der Waals surface area contributed by atoms with E-state index in [-0.39, 0.29) is 5.97 Å². The standard InChI is InChI=1S/C19H20N4O2S2/c1-12-13(2)27-17(16(12)18(24)25-3)21-19(26)20-15-9-10-23(22-15)11-14-7-5-4-6-8-14/h4-10H,11H2,1-3H3,(H2,20,21,22,26). The van der Waals surface area contributed by atoms with Crippen LogP contribution in [0.4, 0.5) is 10.8 Å². The van der Waals surface area contributed by atoms with E-state index in [4.69, 9.17) is 17.0 Å². The monoisotopic (exact) mass is 400 g/mol. The molecule has 0 aliphatic rings. The number of hydrogen-bond donors (Lipinski definition) is 2. The van der Waals surface area contributed by atoms with Crippen molar-refractivity contribution in [2.45, 2.75) is 20.4 Å². The van der Waals surface area contributed by atoms with Crippen LogP contribution in [0.3, 0.4) is 0 Å². The molecular formula is C19H20N4O2S2. The van der Waals surface area contributed by atoms with E-state index in [1.54, 1.807) is 0 Å². The van der Waals surface area contributed by atoms with Crippen LogP contribution in [0.25, 0.3) is 0 Å². The summed E-state index contributed by atoms with van der Waals surface area (Å²) in [6, 6.07) is 11.9. The van der Waals surface area contributed by atoms with Crippen LogP contribution in [0.2, 0.25) is 0 Å². The summed E-state index contributed by atoms with van der Waals surface area (Å²) >= 11 is 6.84. The van der Waals surface area contributed by atoms with Gasteiger partial charge in [-0.05, 0) is 37.2 Å². The number of esters is 1. The van der Waals surface area contributed by atoms with E-state index in [0.717, 1.165) is 10.4 Å². The Morgan fingerprint density at radius 3 is 2.67 bits per heavy atom. The third-order valence-electron chi connectivity index (χ3n) is 4.07.